The van der Waals surface area contributed by atoms with Crippen LogP contribution in [-0.4, -0.2) is 30.6 Å². The molecule has 0 saturated heterocycles. The van der Waals surface area contributed by atoms with E-state index in [-0.39, 0.29) is 18.5 Å². The van der Waals surface area contributed by atoms with E-state index in [0.29, 0.717) is 29.9 Å². The number of ether oxygens (including phenoxy) is 4. The molecule has 5 nitrogen and oxygen atoms in total. The minimum absolute atomic E-state index is 0.112. The number of benzene rings is 2. The Balaban J connectivity index is 1.86. The second-order valence-electron chi connectivity index (χ2n) is 8.10. The van der Waals surface area contributed by atoms with E-state index in [1.807, 2.05) is 19.9 Å². The third kappa shape index (κ3) is 8.89. The van der Waals surface area contributed by atoms with Crippen LogP contribution in [0.2, 0.25) is 0 Å². The van der Waals surface area contributed by atoms with Gasteiger partial charge in [-0.05, 0) is 89.1 Å². The van der Waals surface area contributed by atoms with Crippen molar-refractivity contribution in [3.8, 4) is 29.1 Å². The van der Waals surface area contributed by atoms with Crippen molar-refractivity contribution >= 4 is 5.97 Å². The molecule has 2 aromatic rings. The van der Waals surface area contributed by atoms with Crippen LogP contribution >= 0.6 is 0 Å². The molecule has 0 saturated carbocycles. The largest absolute Gasteiger partial charge is 0.573 e. The predicted molar refractivity (Wildman–Crippen MR) is 122 cm³/mol. The molecule has 0 heterocycles. The van der Waals surface area contributed by atoms with Crippen molar-refractivity contribution in [2.24, 2.45) is 0 Å². The summed E-state index contributed by atoms with van der Waals surface area (Å²) in [5.41, 5.74) is 0.306. The molecule has 0 spiro atoms. The number of esters is 1. The van der Waals surface area contributed by atoms with Crippen LogP contribution in [0.3, 0.4) is 0 Å². The van der Waals surface area contributed by atoms with E-state index in [0.717, 1.165) is 5.56 Å². The molecule has 1 atom stereocenters. The summed E-state index contributed by atoms with van der Waals surface area (Å²) in [6.07, 6.45) is -3.61. The van der Waals surface area contributed by atoms with Crippen LogP contribution in [0, 0.1) is 18.8 Å². The lowest BCUT2D eigenvalue weighted by atomic mass is 10.1. The van der Waals surface area contributed by atoms with Gasteiger partial charge in [-0.1, -0.05) is 11.8 Å². The summed E-state index contributed by atoms with van der Waals surface area (Å²) in [6.45, 7) is 9.12. The molecule has 1 unspecified atom stereocenters. The summed E-state index contributed by atoms with van der Waals surface area (Å²) < 4.78 is 57.3. The molecular formula is C26H29F3O5. The minimum atomic E-state index is -4.71. The molecule has 2 rings (SSSR count). The summed E-state index contributed by atoms with van der Waals surface area (Å²) >= 11 is 0. The highest BCUT2D eigenvalue weighted by atomic mass is 19.4. The first-order valence-electron chi connectivity index (χ1n) is 10.9. The van der Waals surface area contributed by atoms with Gasteiger partial charge in [-0.3, -0.25) is 0 Å². The van der Waals surface area contributed by atoms with Crippen molar-refractivity contribution < 1.29 is 36.9 Å². The van der Waals surface area contributed by atoms with Crippen molar-refractivity contribution in [1.82, 2.24) is 0 Å². The second-order valence-corrected chi connectivity index (χ2v) is 8.10. The number of hydrogen-bond donors (Lipinski definition) is 0. The van der Waals surface area contributed by atoms with Crippen molar-refractivity contribution in [3.63, 3.8) is 0 Å². The van der Waals surface area contributed by atoms with E-state index < -0.39 is 17.9 Å². The van der Waals surface area contributed by atoms with Crippen molar-refractivity contribution in [2.45, 2.75) is 65.5 Å². The predicted octanol–water partition coefficient (Wildman–Crippen LogP) is 6.21. The molecule has 8 heteroatoms. The highest BCUT2D eigenvalue weighted by Gasteiger charge is 2.32. The summed E-state index contributed by atoms with van der Waals surface area (Å²) in [4.78, 5) is 12.0. The molecule has 0 aromatic heterocycles. The third-order valence-electron chi connectivity index (χ3n) is 4.61. The Kier molecular flexibility index (Phi) is 9.25. The van der Waals surface area contributed by atoms with Crippen LogP contribution in [0.4, 0.5) is 13.2 Å². The number of carbonyl (C=O) groups is 1. The van der Waals surface area contributed by atoms with Crippen LogP contribution in [0.25, 0.3) is 0 Å². The number of aryl methyl sites for hydroxylation is 1. The van der Waals surface area contributed by atoms with Crippen molar-refractivity contribution in [2.75, 3.05) is 6.61 Å². The van der Waals surface area contributed by atoms with E-state index in [1.165, 1.54) is 24.3 Å². The first-order chi connectivity index (χ1) is 15.9. The minimum Gasteiger partial charge on any atom is -0.491 e. The van der Waals surface area contributed by atoms with Gasteiger partial charge in [0.1, 0.15) is 17.2 Å². The number of halogens is 3. The molecule has 2 aromatic carbocycles. The van der Waals surface area contributed by atoms with Crippen LogP contribution in [-0.2, 0) is 9.53 Å². The lowest BCUT2D eigenvalue weighted by molar-refractivity contribution is -0.274. The van der Waals surface area contributed by atoms with E-state index in [9.17, 15) is 18.0 Å². The number of alkyl halides is 3. The smallest absolute Gasteiger partial charge is 0.491 e. The maximum absolute atomic E-state index is 12.2. The molecule has 0 N–H and O–H groups in total. The van der Waals surface area contributed by atoms with Crippen molar-refractivity contribution in [1.29, 1.82) is 0 Å². The van der Waals surface area contributed by atoms with Gasteiger partial charge in [0, 0.05) is 12.0 Å². The molecular weight excluding hydrogens is 449 g/mol. The monoisotopic (exact) mass is 478 g/mol. The van der Waals surface area contributed by atoms with Gasteiger partial charge < -0.3 is 18.9 Å². The molecule has 0 radical (unpaired) electrons. The van der Waals surface area contributed by atoms with Gasteiger partial charge in [0.15, 0.2) is 5.60 Å². The third-order valence-corrected chi connectivity index (χ3v) is 4.61. The van der Waals surface area contributed by atoms with Gasteiger partial charge in [-0.2, -0.15) is 0 Å². The first kappa shape index (κ1) is 26.9. The zero-order valence-electron chi connectivity index (χ0n) is 19.9. The number of rotatable bonds is 9. The van der Waals surface area contributed by atoms with E-state index in [4.69, 9.17) is 14.2 Å². The fourth-order valence-corrected chi connectivity index (χ4v) is 2.90. The van der Waals surface area contributed by atoms with Gasteiger partial charge in [-0.25, -0.2) is 4.79 Å². The fraction of sp³-hybridized carbons (Fsp3) is 0.423. The number of hydrogen-bond acceptors (Lipinski definition) is 5. The lowest BCUT2D eigenvalue weighted by Crippen LogP contribution is -2.39. The summed E-state index contributed by atoms with van der Waals surface area (Å²) in [7, 11) is 0. The molecule has 0 aliphatic rings. The summed E-state index contributed by atoms with van der Waals surface area (Å²) in [5.74, 6) is 6.43. The van der Waals surface area contributed by atoms with E-state index in [2.05, 4.69) is 16.6 Å². The van der Waals surface area contributed by atoms with Gasteiger partial charge in [-0.15, -0.1) is 13.2 Å². The molecule has 0 fully saturated rings. The molecule has 0 aliphatic heterocycles. The zero-order valence-corrected chi connectivity index (χ0v) is 19.9. The summed E-state index contributed by atoms with van der Waals surface area (Å²) in [6, 6.07) is 10.8. The Morgan fingerprint density at radius 1 is 1.03 bits per heavy atom. The van der Waals surface area contributed by atoms with Crippen LogP contribution in [0.1, 0.15) is 51.7 Å². The molecule has 0 bridgehead atoms. The fourth-order valence-electron chi connectivity index (χ4n) is 2.90. The van der Waals surface area contributed by atoms with Crippen molar-refractivity contribution in [3.05, 3.63) is 53.6 Å². The number of carbonyl (C=O) groups excluding carboxylic acids is 1. The highest BCUT2D eigenvalue weighted by Crippen LogP contribution is 2.28. The molecule has 0 amide bonds. The van der Waals surface area contributed by atoms with Crippen LogP contribution in [0.15, 0.2) is 42.5 Å². The maximum Gasteiger partial charge on any atom is 0.573 e. The Morgan fingerprint density at radius 3 is 2.26 bits per heavy atom. The lowest BCUT2D eigenvalue weighted by Gasteiger charge is -2.25. The van der Waals surface area contributed by atoms with E-state index in [1.54, 1.807) is 32.9 Å². The zero-order chi connectivity index (χ0) is 25.4. The SMILES string of the molecule is CCOC(=O)C(C)(C)Oc1ccc(OC(C)CCC#Cc2ccc(OC(F)(F)F)cc2)cc1C. The normalized spacial score (nSPS) is 12.2. The average Bonchev–Trinajstić information content (AvgIpc) is 2.73. The van der Waals surface area contributed by atoms with Gasteiger partial charge in [0.05, 0.1) is 12.7 Å². The quantitative estimate of drug-likeness (QED) is 0.317. The van der Waals surface area contributed by atoms with Gasteiger partial charge in [0.25, 0.3) is 0 Å². The Hall–Kier alpha value is -3.34. The van der Waals surface area contributed by atoms with Crippen LogP contribution < -0.4 is 14.2 Å². The highest BCUT2D eigenvalue weighted by molar-refractivity contribution is 5.79. The van der Waals surface area contributed by atoms with Gasteiger partial charge >= 0.3 is 12.3 Å². The molecule has 184 valence electrons. The Labute approximate surface area is 198 Å². The molecule has 34 heavy (non-hydrogen) atoms. The first-order valence-corrected chi connectivity index (χ1v) is 10.9. The molecule has 0 aliphatic carbocycles. The standard InChI is InChI=1S/C26H29F3O5/c1-6-31-24(30)25(4,5)34-23-16-15-22(17-18(23)2)32-19(3)9-7-8-10-20-11-13-21(14-12-20)33-26(27,28)29/h11-17,19H,6-7,9H2,1-5H3. The Bertz CT molecular complexity index is 1020. The van der Waals surface area contributed by atoms with E-state index >= 15 is 0 Å². The summed E-state index contributed by atoms with van der Waals surface area (Å²) in [5, 5.41) is 0. The van der Waals surface area contributed by atoms with Gasteiger partial charge in [0.2, 0.25) is 0 Å². The Morgan fingerprint density at radius 2 is 1.68 bits per heavy atom. The second kappa shape index (κ2) is 11.7. The topological polar surface area (TPSA) is 54.0 Å². The van der Waals surface area contributed by atoms with Crippen LogP contribution in [0.5, 0.6) is 17.2 Å². The average molecular weight is 479 g/mol. The maximum atomic E-state index is 12.2.